The summed E-state index contributed by atoms with van der Waals surface area (Å²) in [6.07, 6.45) is 1.69. The Bertz CT molecular complexity index is 1390. The summed E-state index contributed by atoms with van der Waals surface area (Å²) in [5.41, 5.74) is 3.18. The molecule has 8 nitrogen and oxygen atoms in total. The largest absolute Gasteiger partial charge is 0.492 e. The molecule has 0 radical (unpaired) electrons. The van der Waals surface area contributed by atoms with Gasteiger partial charge in [-0.05, 0) is 88.5 Å². The average molecular weight is 580 g/mol. The number of methoxy groups -OCH3 is 1. The third-order valence-corrected chi connectivity index (χ3v) is 7.82. The van der Waals surface area contributed by atoms with Gasteiger partial charge in [-0.2, -0.15) is 0 Å². The van der Waals surface area contributed by atoms with Gasteiger partial charge in [-0.25, -0.2) is 9.78 Å². The van der Waals surface area contributed by atoms with E-state index in [4.69, 9.17) is 26.1 Å². The number of aliphatic hydroxyl groups is 1. The molecule has 0 spiro atoms. The first-order chi connectivity index (χ1) is 19.6. The van der Waals surface area contributed by atoms with Crippen molar-refractivity contribution in [2.45, 2.75) is 50.7 Å². The molecule has 0 aliphatic heterocycles. The van der Waals surface area contributed by atoms with Crippen LogP contribution in [0.1, 0.15) is 48.2 Å². The summed E-state index contributed by atoms with van der Waals surface area (Å²) in [4.78, 5) is 33.3. The number of halogens is 1. The fourth-order valence-corrected chi connectivity index (χ4v) is 5.35. The predicted molar refractivity (Wildman–Crippen MR) is 160 cm³/mol. The highest BCUT2D eigenvalue weighted by molar-refractivity contribution is 6.32. The minimum atomic E-state index is -1.21. The highest BCUT2D eigenvalue weighted by Crippen LogP contribution is 2.37. The van der Waals surface area contributed by atoms with Crippen LogP contribution in [0.2, 0.25) is 5.02 Å². The lowest BCUT2D eigenvalue weighted by Gasteiger charge is -2.36. The molecule has 218 valence electrons. The van der Waals surface area contributed by atoms with Crippen molar-refractivity contribution in [1.29, 1.82) is 0 Å². The van der Waals surface area contributed by atoms with E-state index in [9.17, 15) is 14.7 Å². The lowest BCUT2D eigenvalue weighted by Crippen LogP contribution is -2.57. The van der Waals surface area contributed by atoms with Crippen molar-refractivity contribution in [3.63, 3.8) is 0 Å². The van der Waals surface area contributed by atoms with E-state index in [1.54, 1.807) is 12.1 Å². The van der Waals surface area contributed by atoms with Gasteiger partial charge in [0, 0.05) is 17.7 Å². The molecule has 1 saturated carbocycles. The van der Waals surface area contributed by atoms with Crippen LogP contribution in [-0.2, 0) is 9.53 Å². The molecule has 1 aromatic heterocycles. The second-order valence-corrected chi connectivity index (χ2v) is 11.2. The first-order valence-corrected chi connectivity index (χ1v) is 14.2. The zero-order valence-corrected chi connectivity index (χ0v) is 24.8. The Morgan fingerprint density at radius 2 is 1.83 bits per heavy atom. The van der Waals surface area contributed by atoms with Crippen molar-refractivity contribution in [1.82, 2.24) is 15.2 Å². The maximum Gasteiger partial charge on any atom is 0.331 e. The quantitative estimate of drug-likeness (QED) is 0.249. The Kier molecular flexibility index (Phi) is 10.0. The van der Waals surface area contributed by atoms with Gasteiger partial charge < -0.3 is 24.8 Å². The van der Waals surface area contributed by atoms with Crippen LogP contribution in [0.25, 0.3) is 22.4 Å². The maximum atomic E-state index is 13.6. The average Bonchev–Trinajstić information content (AvgIpc) is 2.97. The van der Waals surface area contributed by atoms with Gasteiger partial charge in [0.05, 0.1) is 30.5 Å². The van der Waals surface area contributed by atoms with E-state index >= 15 is 0 Å². The second kappa shape index (κ2) is 13.5. The number of hydrogen-bond donors (Lipinski definition) is 2. The van der Waals surface area contributed by atoms with Crippen LogP contribution in [0.4, 0.5) is 0 Å². The number of amides is 1. The molecule has 1 aliphatic carbocycles. The van der Waals surface area contributed by atoms with Crippen molar-refractivity contribution in [3.8, 4) is 28.1 Å². The summed E-state index contributed by atoms with van der Waals surface area (Å²) in [6, 6.07) is 17.0. The number of esters is 1. The van der Waals surface area contributed by atoms with Crippen LogP contribution >= 0.6 is 11.6 Å². The van der Waals surface area contributed by atoms with Crippen molar-refractivity contribution in [2.24, 2.45) is 0 Å². The standard InChI is InChI=1S/C32H38ClN3O5/c1-21-8-5-6-9-24(21)25-11-13-27(30(38)35-32(31(39)40-4)16-14-23(37)15-17-32)34-29(25)22-10-12-26(33)28(20-22)41-19-7-18-36(2)3/h5-6,8-13,20,23,37H,7,14-19H2,1-4H3,(H,35,38)/t23-,32+. The SMILES string of the molecule is COC(=O)[C@]1(NC(=O)c2ccc(-c3ccccc3C)c(-c3ccc(Cl)c(OCCCN(C)C)c3)n2)CC[C@@H](O)CC1. The summed E-state index contributed by atoms with van der Waals surface area (Å²) in [7, 11) is 5.33. The molecule has 0 saturated heterocycles. The zero-order chi connectivity index (χ0) is 29.6. The highest BCUT2D eigenvalue weighted by Gasteiger charge is 2.44. The topological polar surface area (TPSA) is 101 Å². The maximum absolute atomic E-state index is 13.6. The number of nitrogens with one attached hydrogen (secondary N) is 1. The first-order valence-electron chi connectivity index (χ1n) is 13.9. The van der Waals surface area contributed by atoms with Crippen LogP contribution < -0.4 is 10.1 Å². The molecule has 4 rings (SSSR count). The molecule has 2 N–H and O–H groups in total. The van der Waals surface area contributed by atoms with Gasteiger partial charge in [0.1, 0.15) is 17.0 Å². The van der Waals surface area contributed by atoms with Gasteiger partial charge in [-0.3, -0.25) is 4.79 Å². The number of aromatic nitrogens is 1. The number of carbonyl (C=O) groups is 2. The molecule has 1 aliphatic rings. The number of carbonyl (C=O) groups excluding carboxylic acids is 2. The van der Waals surface area contributed by atoms with Gasteiger partial charge in [-0.1, -0.05) is 41.9 Å². The normalized spacial score (nSPS) is 18.7. The Labute approximate surface area is 246 Å². The Morgan fingerprint density at radius 3 is 2.51 bits per heavy atom. The minimum absolute atomic E-state index is 0.162. The van der Waals surface area contributed by atoms with Crippen molar-refractivity contribution >= 4 is 23.5 Å². The molecule has 1 fully saturated rings. The first kappa shape index (κ1) is 30.5. The fraction of sp³-hybridized carbons (Fsp3) is 0.406. The molecular weight excluding hydrogens is 542 g/mol. The minimum Gasteiger partial charge on any atom is -0.492 e. The number of aryl methyl sites for hydroxylation is 1. The molecule has 2 aromatic carbocycles. The fourth-order valence-electron chi connectivity index (χ4n) is 5.17. The molecule has 3 aromatic rings. The van der Waals surface area contributed by atoms with Crippen LogP contribution in [0, 0.1) is 6.92 Å². The third-order valence-electron chi connectivity index (χ3n) is 7.51. The summed E-state index contributed by atoms with van der Waals surface area (Å²) < 4.78 is 11.1. The Balaban J connectivity index is 1.72. The molecule has 1 heterocycles. The van der Waals surface area contributed by atoms with Gasteiger partial charge in [-0.15, -0.1) is 0 Å². The highest BCUT2D eigenvalue weighted by atomic mass is 35.5. The van der Waals surface area contributed by atoms with Crippen LogP contribution in [0.15, 0.2) is 54.6 Å². The number of benzene rings is 2. The van der Waals surface area contributed by atoms with Gasteiger partial charge in [0.2, 0.25) is 0 Å². The summed E-state index contributed by atoms with van der Waals surface area (Å²) in [6.45, 7) is 3.42. The monoisotopic (exact) mass is 579 g/mol. The lowest BCUT2D eigenvalue weighted by atomic mass is 9.80. The Morgan fingerprint density at radius 1 is 1.10 bits per heavy atom. The molecular formula is C32H38ClN3O5. The lowest BCUT2D eigenvalue weighted by molar-refractivity contribution is -0.150. The van der Waals surface area contributed by atoms with E-state index in [2.05, 4.69) is 10.2 Å². The predicted octanol–water partition coefficient (Wildman–Crippen LogP) is 5.28. The number of nitrogens with zero attached hydrogens (tertiary/aromatic N) is 2. The van der Waals surface area contributed by atoms with Gasteiger partial charge >= 0.3 is 5.97 Å². The van der Waals surface area contributed by atoms with Crippen LogP contribution in [0.3, 0.4) is 0 Å². The number of rotatable bonds is 10. The number of aliphatic hydroxyl groups excluding tert-OH is 1. The van der Waals surface area contributed by atoms with E-state index in [1.165, 1.54) is 7.11 Å². The Hall–Kier alpha value is -3.46. The van der Waals surface area contributed by atoms with E-state index in [1.807, 2.05) is 63.5 Å². The molecule has 0 bridgehead atoms. The van der Waals surface area contributed by atoms with E-state index in [-0.39, 0.29) is 18.5 Å². The number of ether oxygens (including phenoxy) is 2. The second-order valence-electron chi connectivity index (χ2n) is 10.8. The molecule has 1 amide bonds. The molecule has 9 heteroatoms. The number of pyridine rings is 1. The van der Waals surface area contributed by atoms with E-state index in [0.29, 0.717) is 35.9 Å². The summed E-state index contributed by atoms with van der Waals surface area (Å²) in [5, 5.41) is 13.4. The van der Waals surface area contributed by atoms with Crippen molar-refractivity contribution in [2.75, 3.05) is 34.4 Å². The summed E-state index contributed by atoms with van der Waals surface area (Å²) >= 11 is 6.48. The number of hydrogen-bond acceptors (Lipinski definition) is 7. The smallest absolute Gasteiger partial charge is 0.331 e. The molecule has 0 atom stereocenters. The van der Waals surface area contributed by atoms with Gasteiger partial charge in [0.15, 0.2) is 0 Å². The van der Waals surface area contributed by atoms with Crippen molar-refractivity contribution in [3.05, 3.63) is 70.9 Å². The molecule has 41 heavy (non-hydrogen) atoms. The van der Waals surface area contributed by atoms with Gasteiger partial charge in [0.25, 0.3) is 5.91 Å². The summed E-state index contributed by atoms with van der Waals surface area (Å²) in [5.74, 6) is -0.470. The third kappa shape index (κ3) is 7.25. The molecule has 0 unspecified atom stereocenters. The van der Waals surface area contributed by atoms with Crippen molar-refractivity contribution < 1.29 is 24.2 Å². The van der Waals surface area contributed by atoms with Crippen LogP contribution in [-0.4, -0.2) is 72.9 Å². The van der Waals surface area contributed by atoms with E-state index in [0.717, 1.165) is 35.2 Å². The van der Waals surface area contributed by atoms with Crippen LogP contribution in [0.5, 0.6) is 5.75 Å². The van der Waals surface area contributed by atoms with E-state index < -0.39 is 23.5 Å². The zero-order valence-electron chi connectivity index (χ0n) is 24.1.